The van der Waals surface area contributed by atoms with Crippen molar-refractivity contribution < 1.29 is 9.53 Å². The maximum absolute atomic E-state index is 11.6. The van der Waals surface area contributed by atoms with Crippen molar-refractivity contribution in [1.29, 1.82) is 5.26 Å². The summed E-state index contributed by atoms with van der Waals surface area (Å²) in [6, 6.07) is 2.01. The molecule has 0 aromatic carbocycles. The first-order valence-corrected chi connectivity index (χ1v) is 4.49. The van der Waals surface area contributed by atoms with Crippen molar-refractivity contribution in [3.05, 3.63) is 0 Å². The van der Waals surface area contributed by atoms with Gasteiger partial charge in [0.15, 0.2) is 0 Å². The van der Waals surface area contributed by atoms with E-state index in [1.54, 1.807) is 11.8 Å². The summed E-state index contributed by atoms with van der Waals surface area (Å²) in [5, 5.41) is 8.44. The number of hydrogen-bond donors (Lipinski definition) is 0. The fourth-order valence-electron chi connectivity index (χ4n) is 1.32. The maximum Gasteiger partial charge on any atom is 0.226 e. The van der Waals surface area contributed by atoms with Crippen LogP contribution in [0.2, 0.25) is 0 Å². The van der Waals surface area contributed by atoms with Gasteiger partial charge in [-0.2, -0.15) is 5.26 Å². The number of nitrogens with zero attached hydrogens (tertiary/aromatic N) is 2. The first-order chi connectivity index (χ1) is 6.25. The number of amides is 1. The largest absolute Gasteiger partial charge is 0.378 e. The lowest BCUT2D eigenvalue weighted by Gasteiger charge is -2.28. The smallest absolute Gasteiger partial charge is 0.226 e. The van der Waals surface area contributed by atoms with Gasteiger partial charge in [-0.05, 0) is 0 Å². The van der Waals surface area contributed by atoms with Gasteiger partial charge in [0.25, 0.3) is 0 Å². The highest BCUT2D eigenvalue weighted by Crippen LogP contribution is 2.08. The number of ether oxygens (including phenoxy) is 1. The monoisotopic (exact) mass is 182 g/mol. The molecule has 0 radical (unpaired) electrons. The molecule has 1 fully saturated rings. The molecule has 1 rings (SSSR count). The van der Waals surface area contributed by atoms with Gasteiger partial charge >= 0.3 is 0 Å². The van der Waals surface area contributed by atoms with E-state index >= 15 is 0 Å². The molecule has 1 saturated heterocycles. The number of hydrogen-bond acceptors (Lipinski definition) is 3. The predicted molar refractivity (Wildman–Crippen MR) is 46.8 cm³/mol. The summed E-state index contributed by atoms with van der Waals surface area (Å²) in [7, 11) is 0. The molecule has 1 amide bonds. The van der Waals surface area contributed by atoms with E-state index in [0.29, 0.717) is 32.7 Å². The molecule has 4 heteroatoms. The topological polar surface area (TPSA) is 53.3 Å². The number of morpholine rings is 1. The minimum Gasteiger partial charge on any atom is -0.378 e. The van der Waals surface area contributed by atoms with Crippen molar-refractivity contribution in [2.24, 2.45) is 5.92 Å². The van der Waals surface area contributed by atoms with Crippen molar-refractivity contribution in [2.45, 2.75) is 13.3 Å². The molecule has 72 valence electrons. The van der Waals surface area contributed by atoms with Crippen LogP contribution >= 0.6 is 0 Å². The highest BCUT2D eigenvalue weighted by molar-refractivity contribution is 5.78. The molecule has 0 aliphatic carbocycles. The average molecular weight is 182 g/mol. The van der Waals surface area contributed by atoms with Gasteiger partial charge in [0.1, 0.15) is 0 Å². The highest BCUT2D eigenvalue weighted by Gasteiger charge is 2.21. The van der Waals surface area contributed by atoms with Gasteiger partial charge in [-0.3, -0.25) is 4.79 Å². The third-order valence-corrected chi connectivity index (χ3v) is 2.14. The van der Waals surface area contributed by atoms with Crippen LogP contribution in [0.1, 0.15) is 13.3 Å². The Morgan fingerprint density at radius 1 is 1.62 bits per heavy atom. The predicted octanol–water partition coefficient (Wildman–Crippen LogP) is 0.395. The van der Waals surface area contributed by atoms with Crippen LogP contribution in [0.3, 0.4) is 0 Å². The molecule has 1 heterocycles. The number of rotatable bonds is 2. The van der Waals surface area contributed by atoms with Crippen LogP contribution in [0.25, 0.3) is 0 Å². The first kappa shape index (κ1) is 10.0. The lowest BCUT2D eigenvalue weighted by atomic mass is 10.1. The number of nitriles is 1. The lowest BCUT2D eigenvalue weighted by Crippen LogP contribution is -2.43. The van der Waals surface area contributed by atoms with Gasteiger partial charge < -0.3 is 9.64 Å². The normalized spacial score (nSPS) is 19.2. The van der Waals surface area contributed by atoms with E-state index < -0.39 is 0 Å². The van der Waals surface area contributed by atoms with Crippen LogP contribution < -0.4 is 0 Å². The SMILES string of the molecule is CC(CC#N)C(=O)N1CCOCC1. The Bertz CT molecular complexity index is 216. The molecule has 0 aromatic rings. The average Bonchev–Trinajstić information content (AvgIpc) is 2.18. The minimum atomic E-state index is -0.178. The van der Waals surface area contributed by atoms with E-state index in [1.165, 1.54) is 0 Å². The molecular formula is C9H14N2O2. The van der Waals surface area contributed by atoms with E-state index in [0.717, 1.165) is 0 Å². The molecule has 0 N–H and O–H groups in total. The van der Waals surface area contributed by atoms with Crippen LogP contribution in [0, 0.1) is 17.2 Å². The molecule has 0 aromatic heterocycles. The van der Waals surface area contributed by atoms with Crippen molar-refractivity contribution in [2.75, 3.05) is 26.3 Å². The molecule has 1 aliphatic heterocycles. The van der Waals surface area contributed by atoms with Crippen LogP contribution in [0.5, 0.6) is 0 Å². The Morgan fingerprint density at radius 2 is 2.23 bits per heavy atom. The fraction of sp³-hybridized carbons (Fsp3) is 0.778. The zero-order valence-corrected chi connectivity index (χ0v) is 7.82. The Labute approximate surface area is 78.1 Å². The summed E-state index contributed by atoms with van der Waals surface area (Å²) in [5.74, 6) is -0.104. The standard InChI is InChI=1S/C9H14N2O2/c1-8(2-3-10)9(12)11-4-6-13-7-5-11/h8H,2,4-7H2,1H3. The zero-order valence-electron chi connectivity index (χ0n) is 7.82. The van der Waals surface area contributed by atoms with Gasteiger partial charge in [0.2, 0.25) is 5.91 Å². The second-order valence-corrected chi connectivity index (χ2v) is 3.20. The van der Waals surface area contributed by atoms with E-state index in [2.05, 4.69) is 0 Å². The fourth-order valence-corrected chi connectivity index (χ4v) is 1.32. The molecule has 1 unspecified atom stereocenters. The molecule has 4 nitrogen and oxygen atoms in total. The minimum absolute atomic E-state index is 0.0739. The summed E-state index contributed by atoms with van der Waals surface area (Å²) < 4.78 is 5.13. The Balaban J connectivity index is 2.41. The molecule has 1 atom stereocenters. The first-order valence-electron chi connectivity index (χ1n) is 4.49. The number of carbonyl (C=O) groups excluding carboxylic acids is 1. The van der Waals surface area contributed by atoms with Crippen molar-refractivity contribution in [3.8, 4) is 6.07 Å². The van der Waals surface area contributed by atoms with Crippen molar-refractivity contribution in [1.82, 2.24) is 4.90 Å². The highest BCUT2D eigenvalue weighted by atomic mass is 16.5. The van der Waals surface area contributed by atoms with E-state index in [-0.39, 0.29) is 11.8 Å². The third kappa shape index (κ3) is 2.71. The molecule has 0 spiro atoms. The molecule has 13 heavy (non-hydrogen) atoms. The van der Waals surface area contributed by atoms with Gasteiger partial charge in [0.05, 0.1) is 19.3 Å². The molecule has 0 saturated carbocycles. The molecule has 1 aliphatic rings. The summed E-state index contributed by atoms with van der Waals surface area (Å²) in [6.45, 7) is 4.35. The van der Waals surface area contributed by atoms with Crippen molar-refractivity contribution >= 4 is 5.91 Å². The summed E-state index contributed by atoms with van der Waals surface area (Å²) in [4.78, 5) is 13.4. The molecule has 0 bridgehead atoms. The van der Waals surface area contributed by atoms with Crippen LogP contribution in [-0.2, 0) is 9.53 Å². The number of carbonyl (C=O) groups is 1. The van der Waals surface area contributed by atoms with Gasteiger partial charge in [-0.15, -0.1) is 0 Å². The zero-order chi connectivity index (χ0) is 9.68. The van der Waals surface area contributed by atoms with Crippen LogP contribution in [-0.4, -0.2) is 37.1 Å². The van der Waals surface area contributed by atoms with Gasteiger partial charge in [0, 0.05) is 25.4 Å². The Kier molecular flexibility index (Phi) is 3.71. The second-order valence-electron chi connectivity index (χ2n) is 3.20. The summed E-state index contributed by atoms with van der Waals surface area (Å²) in [5.41, 5.74) is 0. The third-order valence-electron chi connectivity index (χ3n) is 2.14. The Hall–Kier alpha value is -1.08. The Morgan fingerprint density at radius 3 is 2.77 bits per heavy atom. The van der Waals surface area contributed by atoms with Gasteiger partial charge in [-0.25, -0.2) is 0 Å². The second kappa shape index (κ2) is 4.83. The van der Waals surface area contributed by atoms with Gasteiger partial charge in [-0.1, -0.05) is 6.92 Å². The lowest BCUT2D eigenvalue weighted by molar-refractivity contribution is -0.138. The van der Waals surface area contributed by atoms with E-state index in [1.807, 2.05) is 6.07 Å². The van der Waals surface area contributed by atoms with Crippen LogP contribution in [0.15, 0.2) is 0 Å². The molecular weight excluding hydrogens is 168 g/mol. The summed E-state index contributed by atoms with van der Waals surface area (Å²) in [6.07, 6.45) is 0.302. The van der Waals surface area contributed by atoms with E-state index in [4.69, 9.17) is 10.00 Å². The summed E-state index contributed by atoms with van der Waals surface area (Å²) >= 11 is 0. The quantitative estimate of drug-likeness (QED) is 0.621. The maximum atomic E-state index is 11.6. The van der Waals surface area contributed by atoms with Crippen LogP contribution in [0.4, 0.5) is 0 Å². The van der Waals surface area contributed by atoms with Crippen molar-refractivity contribution in [3.63, 3.8) is 0 Å². The van der Waals surface area contributed by atoms with E-state index in [9.17, 15) is 4.79 Å².